The second-order valence-corrected chi connectivity index (χ2v) is 4.90. The van der Waals surface area contributed by atoms with Gasteiger partial charge in [-0.3, -0.25) is 10.1 Å². The summed E-state index contributed by atoms with van der Waals surface area (Å²) in [5.74, 6) is -1.05. The summed E-state index contributed by atoms with van der Waals surface area (Å²) in [7, 11) is 2.00. The first-order chi connectivity index (χ1) is 9.47. The zero-order chi connectivity index (χ0) is 14.7. The van der Waals surface area contributed by atoms with E-state index >= 15 is 0 Å². The van der Waals surface area contributed by atoms with Crippen LogP contribution in [0.15, 0.2) is 12.3 Å². The van der Waals surface area contributed by atoms with Gasteiger partial charge < -0.3 is 15.3 Å². The SMILES string of the molecule is CN1CCCC(Nc2ncc([N+](=O)[O-])cc2C(=O)O)C1. The lowest BCUT2D eigenvalue weighted by atomic mass is 10.1. The molecule has 1 atom stereocenters. The molecule has 0 radical (unpaired) electrons. The molecule has 0 saturated carbocycles. The van der Waals surface area contributed by atoms with Crippen LogP contribution in [0.3, 0.4) is 0 Å². The Bertz CT molecular complexity index is 534. The van der Waals surface area contributed by atoms with Crippen LogP contribution in [0, 0.1) is 10.1 Å². The first-order valence-electron chi connectivity index (χ1n) is 6.30. The normalized spacial score (nSPS) is 19.6. The largest absolute Gasteiger partial charge is 0.478 e. The van der Waals surface area contributed by atoms with Crippen molar-refractivity contribution < 1.29 is 14.8 Å². The highest BCUT2D eigenvalue weighted by Gasteiger charge is 2.22. The van der Waals surface area contributed by atoms with Crippen molar-refractivity contribution in [2.75, 3.05) is 25.5 Å². The maximum Gasteiger partial charge on any atom is 0.339 e. The summed E-state index contributed by atoms with van der Waals surface area (Å²) < 4.78 is 0. The number of nitrogens with one attached hydrogen (secondary N) is 1. The Kier molecular flexibility index (Phi) is 4.14. The molecule has 0 bridgehead atoms. The minimum absolute atomic E-state index is 0.0980. The monoisotopic (exact) mass is 280 g/mol. The summed E-state index contributed by atoms with van der Waals surface area (Å²) in [6.45, 7) is 1.80. The van der Waals surface area contributed by atoms with Crippen molar-refractivity contribution in [1.82, 2.24) is 9.88 Å². The average Bonchev–Trinajstić information content (AvgIpc) is 2.38. The average molecular weight is 280 g/mol. The van der Waals surface area contributed by atoms with Gasteiger partial charge in [0.05, 0.1) is 4.92 Å². The number of nitrogens with zero attached hydrogens (tertiary/aromatic N) is 3. The molecule has 1 saturated heterocycles. The van der Waals surface area contributed by atoms with Gasteiger partial charge in [0.2, 0.25) is 0 Å². The van der Waals surface area contributed by atoms with Gasteiger partial charge in [-0.15, -0.1) is 0 Å². The lowest BCUT2D eigenvalue weighted by Gasteiger charge is -2.30. The predicted molar refractivity (Wildman–Crippen MR) is 72.0 cm³/mol. The van der Waals surface area contributed by atoms with Crippen molar-refractivity contribution in [3.8, 4) is 0 Å². The van der Waals surface area contributed by atoms with E-state index in [-0.39, 0.29) is 23.1 Å². The molecule has 0 spiro atoms. The molecular formula is C12H16N4O4. The van der Waals surface area contributed by atoms with Gasteiger partial charge in [-0.05, 0) is 26.4 Å². The zero-order valence-electron chi connectivity index (χ0n) is 11.1. The number of likely N-dealkylation sites (tertiary alicyclic amines) is 1. The molecule has 2 rings (SSSR count). The van der Waals surface area contributed by atoms with Gasteiger partial charge in [0, 0.05) is 18.7 Å². The van der Waals surface area contributed by atoms with Gasteiger partial charge >= 0.3 is 5.97 Å². The summed E-state index contributed by atoms with van der Waals surface area (Å²) in [4.78, 5) is 27.2. The van der Waals surface area contributed by atoms with Crippen molar-refractivity contribution >= 4 is 17.5 Å². The zero-order valence-corrected chi connectivity index (χ0v) is 11.1. The number of hydrogen-bond donors (Lipinski definition) is 2. The van der Waals surface area contributed by atoms with Crippen LogP contribution in [0.25, 0.3) is 0 Å². The molecule has 20 heavy (non-hydrogen) atoms. The third kappa shape index (κ3) is 3.21. The van der Waals surface area contributed by atoms with Crippen LogP contribution < -0.4 is 5.32 Å². The molecule has 8 nitrogen and oxygen atoms in total. The van der Waals surface area contributed by atoms with Gasteiger partial charge in [0.15, 0.2) is 0 Å². The number of pyridine rings is 1. The van der Waals surface area contributed by atoms with E-state index in [0.29, 0.717) is 0 Å². The number of piperidine rings is 1. The molecule has 1 fully saturated rings. The Morgan fingerprint density at radius 1 is 1.65 bits per heavy atom. The second kappa shape index (κ2) is 5.83. The third-order valence-electron chi connectivity index (χ3n) is 3.28. The quantitative estimate of drug-likeness (QED) is 0.630. The van der Waals surface area contributed by atoms with Crippen LogP contribution in [0.2, 0.25) is 0 Å². The summed E-state index contributed by atoms with van der Waals surface area (Å²) in [6, 6.07) is 1.13. The van der Waals surface area contributed by atoms with Crippen molar-refractivity contribution in [2.45, 2.75) is 18.9 Å². The molecule has 1 aromatic heterocycles. The number of rotatable bonds is 4. The molecule has 108 valence electrons. The lowest BCUT2D eigenvalue weighted by molar-refractivity contribution is -0.385. The lowest BCUT2D eigenvalue weighted by Crippen LogP contribution is -2.40. The molecule has 2 heterocycles. The number of aromatic nitrogens is 1. The Hall–Kier alpha value is -2.22. The molecule has 1 aromatic rings. The molecule has 2 N–H and O–H groups in total. The van der Waals surface area contributed by atoms with Crippen molar-refractivity contribution in [1.29, 1.82) is 0 Å². The number of likely N-dealkylation sites (N-methyl/N-ethyl adjacent to an activating group) is 1. The molecule has 1 unspecified atom stereocenters. The Morgan fingerprint density at radius 2 is 2.40 bits per heavy atom. The minimum Gasteiger partial charge on any atom is -0.478 e. The van der Waals surface area contributed by atoms with E-state index in [1.807, 2.05) is 7.05 Å². The van der Waals surface area contributed by atoms with E-state index in [4.69, 9.17) is 5.11 Å². The van der Waals surface area contributed by atoms with Crippen molar-refractivity contribution in [3.63, 3.8) is 0 Å². The molecule has 0 amide bonds. The standard InChI is InChI=1S/C12H16N4O4/c1-15-4-2-3-8(7-15)14-11-10(12(17)18)5-9(6-13-11)16(19)20/h5-6,8H,2-4,7H2,1H3,(H,13,14)(H,17,18). The van der Waals surface area contributed by atoms with Gasteiger partial charge in [0.1, 0.15) is 17.6 Å². The second-order valence-electron chi connectivity index (χ2n) is 4.90. The maximum atomic E-state index is 11.2. The van der Waals surface area contributed by atoms with Crippen LogP contribution in [0.1, 0.15) is 23.2 Å². The molecule has 1 aliphatic rings. The topological polar surface area (TPSA) is 109 Å². The van der Waals surface area contributed by atoms with Crippen LogP contribution >= 0.6 is 0 Å². The van der Waals surface area contributed by atoms with E-state index in [0.717, 1.165) is 38.2 Å². The van der Waals surface area contributed by atoms with Crippen LogP contribution in [-0.2, 0) is 0 Å². The number of nitro groups is 1. The van der Waals surface area contributed by atoms with Crippen LogP contribution in [0.5, 0.6) is 0 Å². The van der Waals surface area contributed by atoms with E-state index in [9.17, 15) is 14.9 Å². The van der Waals surface area contributed by atoms with E-state index < -0.39 is 10.9 Å². The number of anilines is 1. The van der Waals surface area contributed by atoms with Gasteiger partial charge in [-0.25, -0.2) is 9.78 Å². The summed E-state index contributed by atoms with van der Waals surface area (Å²) in [5.41, 5.74) is -0.499. The Labute approximate surface area is 115 Å². The van der Waals surface area contributed by atoms with Crippen molar-refractivity contribution in [2.24, 2.45) is 0 Å². The number of hydrogen-bond acceptors (Lipinski definition) is 6. The highest BCUT2D eigenvalue weighted by Crippen LogP contribution is 2.21. The predicted octanol–water partition coefficient (Wildman–Crippen LogP) is 1.19. The smallest absolute Gasteiger partial charge is 0.339 e. The number of carbonyl (C=O) groups is 1. The van der Waals surface area contributed by atoms with Crippen LogP contribution in [0.4, 0.5) is 11.5 Å². The van der Waals surface area contributed by atoms with Gasteiger partial charge in [-0.2, -0.15) is 0 Å². The summed E-state index contributed by atoms with van der Waals surface area (Å²) in [5, 5.41) is 22.9. The minimum atomic E-state index is -1.23. The van der Waals surface area contributed by atoms with E-state index in [1.165, 1.54) is 0 Å². The van der Waals surface area contributed by atoms with Gasteiger partial charge in [-0.1, -0.05) is 0 Å². The van der Waals surface area contributed by atoms with Crippen LogP contribution in [-0.4, -0.2) is 52.1 Å². The molecule has 0 aromatic carbocycles. The first-order valence-corrected chi connectivity index (χ1v) is 6.30. The summed E-state index contributed by atoms with van der Waals surface area (Å²) >= 11 is 0. The molecular weight excluding hydrogens is 264 g/mol. The highest BCUT2D eigenvalue weighted by atomic mass is 16.6. The number of carboxylic acid groups (broad SMARTS) is 1. The fourth-order valence-corrected chi connectivity index (χ4v) is 2.31. The number of carboxylic acids is 1. The Morgan fingerprint density at radius 3 is 3.00 bits per heavy atom. The molecule has 0 aliphatic carbocycles. The van der Waals surface area contributed by atoms with E-state index in [2.05, 4.69) is 15.2 Å². The molecule has 8 heteroatoms. The number of aromatic carboxylic acids is 1. The summed E-state index contributed by atoms with van der Waals surface area (Å²) in [6.07, 6.45) is 3.01. The fraction of sp³-hybridized carbons (Fsp3) is 0.500. The maximum absolute atomic E-state index is 11.2. The Balaban J connectivity index is 2.22. The highest BCUT2D eigenvalue weighted by molar-refractivity contribution is 5.93. The first kappa shape index (κ1) is 14.2. The fourth-order valence-electron chi connectivity index (χ4n) is 2.31. The van der Waals surface area contributed by atoms with E-state index in [1.54, 1.807) is 0 Å². The third-order valence-corrected chi connectivity index (χ3v) is 3.28. The molecule has 1 aliphatic heterocycles. The van der Waals surface area contributed by atoms with Gasteiger partial charge in [0.25, 0.3) is 5.69 Å². The van der Waals surface area contributed by atoms with Crippen molar-refractivity contribution in [3.05, 3.63) is 27.9 Å².